The minimum absolute atomic E-state index is 0.0224. The van der Waals surface area contributed by atoms with Gasteiger partial charge in [-0.1, -0.05) is 61.8 Å². The van der Waals surface area contributed by atoms with E-state index in [1.54, 1.807) is 34.6 Å². The maximum Gasteiger partial charge on any atom is 0.330 e. The number of benzene rings is 1. The molecule has 12 nitrogen and oxygen atoms in total. The van der Waals surface area contributed by atoms with Crippen molar-refractivity contribution in [3.05, 3.63) is 65.1 Å². The van der Waals surface area contributed by atoms with Crippen LogP contribution in [0.3, 0.4) is 0 Å². The lowest BCUT2D eigenvalue weighted by Gasteiger charge is -2.32. The van der Waals surface area contributed by atoms with Crippen LogP contribution >= 0.6 is 0 Å². The van der Waals surface area contributed by atoms with E-state index in [4.69, 9.17) is 15.0 Å². The van der Waals surface area contributed by atoms with Crippen LogP contribution in [0.25, 0.3) is 0 Å². The van der Waals surface area contributed by atoms with Crippen LogP contribution in [-0.2, 0) is 30.3 Å². The quantitative estimate of drug-likeness (QED) is 0.192. The van der Waals surface area contributed by atoms with Gasteiger partial charge in [-0.05, 0) is 38.2 Å². The van der Waals surface area contributed by atoms with Gasteiger partial charge in [-0.3, -0.25) is 19.2 Å². The highest BCUT2D eigenvalue weighted by Gasteiger charge is 2.36. The first kappa shape index (κ1) is 33.7. The van der Waals surface area contributed by atoms with Crippen molar-refractivity contribution in [2.75, 3.05) is 6.61 Å². The number of rotatable bonds is 14. The number of carbonyl (C=O) groups excluding carboxylic acids is 5. The zero-order chi connectivity index (χ0) is 31.4. The fourth-order valence-corrected chi connectivity index (χ4v) is 3.96. The molecule has 2 aromatic rings. The van der Waals surface area contributed by atoms with E-state index in [2.05, 4.69) is 21.1 Å². The largest absolute Gasteiger partial charge is 0.463 e. The van der Waals surface area contributed by atoms with Crippen LogP contribution in [0.1, 0.15) is 67.9 Å². The summed E-state index contributed by atoms with van der Waals surface area (Å²) in [5.74, 6) is -2.48. The Labute approximate surface area is 245 Å². The van der Waals surface area contributed by atoms with E-state index in [0.717, 1.165) is 11.1 Å². The van der Waals surface area contributed by atoms with Crippen molar-refractivity contribution in [1.82, 2.24) is 21.1 Å². The molecule has 4 amide bonds. The first-order chi connectivity index (χ1) is 19.7. The summed E-state index contributed by atoms with van der Waals surface area (Å²) in [6.45, 7) is 10.7. The molecule has 5 N–H and O–H groups in total. The lowest BCUT2D eigenvalue weighted by molar-refractivity contribution is -0.137. The van der Waals surface area contributed by atoms with Crippen LogP contribution in [0.2, 0.25) is 0 Å². The zero-order valence-electron chi connectivity index (χ0n) is 25.0. The van der Waals surface area contributed by atoms with Crippen molar-refractivity contribution >= 4 is 29.6 Å². The van der Waals surface area contributed by atoms with Gasteiger partial charge in [-0.15, -0.1) is 0 Å². The lowest BCUT2D eigenvalue weighted by Crippen LogP contribution is -2.58. The third-order valence-corrected chi connectivity index (χ3v) is 6.24. The van der Waals surface area contributed by atoms with Gasteiger partial charge in [0.2, 0.25) is 17.7 Å². The van der Waals surface area contributed by atoms with E-state index in [-0.39, 0.29) is 31.6 Å². The Hall–Kier alpha value is -4.48. The molecule has 1 heterocycles. The highest BCUT2D eigenvalue weighted by Crippen LogP contribution is 2.21. The topological polar surface area (TPSA) is 183 Å². The lowest BCUT2D eigenvalue weighted by atomic mass is 9.85. The summed E-state index contributed by atoms with van der Waals surface area (Å²) in [5, 5.41) is 12.0. The molecule has 0 bridgehead atoms. The molecular formula is C30H41N5O7. The number of amides is 4. The molecule has 0 unspecified atom stereocenters. The van der Waals surface area contributed by atoms with Crippen molar-refractivity contribution in [3.8, 4) is 0 Å². The van der Waals surface area contributed by atoms with Crippen LogP contribution in [0.4, 0.5) is 0 Å². The SMILES string of the molecule is CCOC(=O)/C=C/[C@H](CCC(N)=O)NC(=O)[C@H](Cc1ccc(C)cc1)NC(=O)[C@@H](NC(=O)c1cc(C)on1)C(C)(C)C. The van der Waals surface area contributed by atoms with Gasteiger partial charge in [0.15, 0.2) is 5.69 Å². The van der Waals surface area contributed by atoms with Crippen molar-refractivity contribution in [2.45, 2.75) is 78.9 Å². The Morgan fingerprint density at radius 1 is 1.02 bits per heavy atom. The van der Waals surface area contributed by atoms with Gasteiger partial charge in [0, 0.05) is 31.0 Å². The highest BCUT2D eigenvalue weighted by atomic mass is 16.5. The van der Waals surface area contributed by atoms with Gasteiger partial charge in [0.05, 0.1) is 6.61 Å². The Morgan fingerprint density at radius 2 is 1.69 bits per heavy atom. The number of esters is 1. The summed E-state index contributed by atoms with van der Waals surface area (Å²) in [5.41, 5.74) is 6.39. The minimum atomic E-state index is -1.07. The molecule has 0 radical (unpaired) electrons. The Kier molecular flexibility index (Phi) is 12.4. The number of aryl methyl sites for hydroxylation is 2. The van der Waals surface area contributed by atoms with Gasteiger partial charge < -0.3 is 30.9 Å². The summed E-state index contributed by atoms with van der Waals surface area (Å²) >= 11 is 0. The van der Waals surface area contributed by atoms with Crippen LogP contribution in [0.15, 0.2) is 47.0 Å². The standard InChI is InChI=1S/C30H41N5O7/c1-7-41-25(37)15-13-21(12-14-24(31)36)32-27(38)22(17-20-10-8-18(2)9-11-20)33-29(40)26(30(4,5)6)34-28(39)23-16-19(3)42-35-23/h8-11,13,15-16,21-22,26H,7,12,14,17H2,1-6H3,(H2,31,36)(H,32,38)(H,33,40)(H,34,39)/b15-13+/t21-,22-,26+/m0/s1. The molecule has 0 aliphatic rings. The molecule has 42 heavy (non-hydrogen) atoms. The Bertz CT molecular complexity index is 1280. The van der Waals surface area contributed by atoms with Crippen LogP contribution in [-0.4, -0.2) is 59.5 Å². The molecule has 0 saturated carbocycles. The van der Waals surface area contributed by atoms with Gasteiger partial charge >= 0.3 is 5.97 Å². The van der Waals surface area contributed by atoms with Crippen molar-refractivity contribution in [3.63, 3.8) is 0 Å². The predicted molar refractivity (Wildman–Crippen MR) is 155 cm³/mol. The third-order valence-electron chi connectivity index (χ3n) is 6.24. The van der Waals surface area contributed by atoms with E-state index in [1.165, 1.54) is 18.2 Å². The number of aromatic nitrogens is 1. The number of nitrogens with two attached hydrogens (primary N) is 1. The van der Waals surface area contributed by atoms with E-state index >= 15 is 0 Å². The molecule has 1 aromatic heterocycles. The van der Waals surface area contributed by atoms with Gasteiger partial charge in [0.25, 0.3) is 5.91 Å². The minimum Gasteiger partial charge on any atom is -0.463 e. The summed E-state index contributed by atoms with van der Waals surface area (Å²) in [6.07, 6.45) is 2.80. The fraction of sp³-hybridized carbons (Fsp3) is 0.467. The molecule has 0 fully saturated rings. The Balaban J connectivity index is 2.33. The maximum absolute atomic E-state index is 13.6. The van der Waals surface area contributed by atoms with Crippen LogP contribution in [0.5, 0.6) is 0 Å². The van der Waals surface area contributed by atoms with E-state index in [1.807, 2.05) is 31.2 Å². The first-order valence-corrected chi connectivity index (χ1v) is 13.7. The van der Waals surface area contributed by atoms with Crippen LogP contribution in [0, 0.1) is 19.3 Å². The van der Waals surface area contributed by atoms with Crippen molar-refractivity contribution < 1.29 is 33.2 Å². The molecule has 228 valence electrons. The number of hydrogen-bond acceptors (Lipinski definition) is 8. The summed E-state index contributed by atoms with van der Waals surface area (Å²) in [6, 6.07) is 6.08. The molecule has 0 aliphatic carbocycles. The number of carbonyl (C=O) groups is 5. The molecule has 0 spiro atoms. The predicted octanol–water partition coefficient (Wildman–Crippen LogP) is 2.03. The summed E-state index contributed by atoms with van der Waals surface area (Å²) < 4.78 is 9.88. The molecule has 12 heteroatoms. The summed E-state index contributed by atoms with van der Waals surface area (Å²) in [7, 11) is 0. The first-order valence-electron chi connectivity index (χ1n) is 13.7. The monoisotopic (exact) mass is 583 g/mol. The molecule has 1 aromatic carbocycles. The number of nitrogens with one attached hydrogen (secondary N) is 3. The maximum atomic E-state index is 13.6. The second kappa shape index (κ2) is 15.5. The fourth-order valence-electron chi connectivity index (χ4n) is 3.96. The third kappa shape index (κ3) is 11.2. The number of nitrogens with zero attached hydrogens (tertiary/aromatic N) is 1. The number of hydrogen-bond donors (Lipinski definition) is 4. The van der Waals surface area contributed by atoms with E-state index in [0.29, 0.717) is 5.76 Å². The van der Waals surface area contributed by atoms with Crippen molar-refractivity contribution in [2.24, 2.45) is 11.1 Å². The average Bonchev–Trinajstić information content (AvgIpc) is 3.35. The normalized spacial score (nSPS) is 13.6. The van der Waals surface area contributed by atoms with Gasteiger partial charge in [-0.25, -0.2) is 4.79 Å². The highest BCUT2D eigenvalue weighted by molar-refractivity contribution is 5.97. The van der Waals surface area contributed by atoms with Crippen molar-refractivity contribution in [1.29, 1.82) is 0 Å². The van der Waals surface area contributed by atoms with Crippen LogP contribution < -0.4 is 21.7 Å². The van der Waals surface area contributed by atoms with Gasteiger partial charge in [0.1, 0.15) is 17.8 Å². The smallest absolute Gasteiger partial charge is 0.330 e. The molecule has 0 aliphatic heterocycles. The van der Waals surface area contributed by atoms with E-state index in [9.17, 15) is 24.0 Å². The molecular weight excluding hydrogens is 542 g/mol. The van der Waals surface area contributed by atoms with Gasteiger partial charge in [-0.2, -0.15) is 0 Å². The molecule has 3 atom stereocenters. The molecule has 2 rings (SSSR count). The van der Waals surface area contributed by atoms with E-state index < -0.39 is 53.1 Å². The number of primary amides is 1. The zero-order valence-corrected chi connectivity index (χ0v) is 25.0. The summed E-state index contributed by atoms with van der Waals surface area (Å²) in [4.78, 5) is 63.3. The second-order valence-corrected chi connectivity index (χ2v) is 11.1. The second-order valence-electron chi connectivity index (χ2n) is 11.1. The Morgan fingerprint density at radius 3 is 2.24 bits per heavy atom. The number of ether oxygens (including phenoxy) is 1. The average molecular weight is 584 g/mol. The molecule has 0 saturated heterocycles.